The zero-order valence-electron chi connectivity index (χ0n) is 14.7. The van der Waals surface area contributed by atoms with Gasteiger partial charge in [-0.15, -0.1) is 0 Å². The molecule has 6 heteroatoms. The van der Waals surface area contributed by atoms with Crippen LogP contribution in [0.1, 0.15) is 31.0 Å². The zero-order chi connectivity index (χ0) is 18.6. The van der Waals surface area contributed by atoms with Gasteiger partial charge in [0, 0.05) is 17.7 Å². The van der Waals surface area contributed by atoms with Crippen LogP contribution in [-0.2, 0) is 4.79 Å². The van der Waals surface area contributed by atoms with Gasteiger partial charge in [0.2, 0.25) is 5.91 Å². The Morgan fingerprint density at radius 1 is 1.12 bits per heavy atom. The number of aryl methyl sites for hydroxylation is 1. The highest BCUT2D eigenvalue weighted by Crippen LogP contribution is 2.26. The van der Waals surface area contributed by atoms with Gasteiger partial charge in [-0.2, -0.15) is 0 Å². The Bertz CT molecular complexity index is 765. The maximum Gasteiger partial charge on any atom is 0.241 e. The smallest absolute Gasteiger partial charge is 0.241 e. The van der Waals surface area contributed by atoms with Crippen LogP contribution in [0.5, 0.6) is 5.75 Å². The third-order valence-corrected chi connectivity index (χ3v) is 3.93. The summed E-state index contributed by atoms with van der Waals surface area (Å²) in [6.45, 7) is 5.54. The topological polar surface area (TPSA) is 50.4 Å². The van der Waals surface area contributed by atoms with E-state index in [1.54, 1.807) is 14.0 Å². The minimum Gasteiger partial charge on any atom is -0.496 e. The molecule has 2 aromatic carbocycles. The molecule has 0 aliphatic heterocycles. The van der Waals surface area contributed by atoms with Crippen LogP contribution in [0.4, 0.5) is 14.5 Å². The van der Waals surface area contributed by atoms with Crippen LogP contribution in [0.3, 0.4) is 0 Å². The fraction of sp³-hybridized carbons (Fsp3) is 0.316. The van der Waals surface area contributed by atoms with E-state index in [9.17, 15) is 13.6 Å². The van der Waals surface area contributed by atoms with Crippen LogP contribution in [0.2, 0.25) is 0 Å². The number of benzene rings is 2. The summed E-state index contributed by atoms with van der Waals surface area (Å²) in [5.41, 5.74) is 1.81. The van der Waals surface area contributed by atoms with Crippen LogP contribution in [0, 0.1) is 18.6 Å². The number of anilines is 1. The van der Waals surface area contributed by atoms with E-state index in [1.165, 1.54) is 0 Å². The first-order valence-corrected chi connectivity index (χ1v) is 7.98. The zero-order valence-corrected chi connectivity index (χ0v) is 14.7. The number of nitrogens with one attached hydrogen (secondary N) is 2. The maximum atomic E-state index is 13.6. The third-order valence-electron chi connectivity index (χ3n) is 3.93. The van der Waals surface area contributed by atoms with Gasteiger partial charge >= 0.3 is 0 Å². The second-order valence-corrected chi connectivity index (χ2v) is 5.97. The minimum absolute atomic E-state index is 0.173. The average Bonchev–Trinajstić information content (AvgIpc) is 2.57. The SMILES string of the molecule is COc1ccc(C)cc1C(C)NC(C)C(=O)Nc1cc(F)ccc1F. The lowest BCUT2D eigenvalue weighted by atomic mass is 10.0. The fourth-order valence-corrected chi connectivity index (χ4v) is 2.57. The fourth-order valence-electron chi connectivity index (χ4n) is 2.57. The molecule has 0 saturated carbocycles. The number of hydrogen-bond acceptors (Lipinski definition) is 3. The van der Waals surface area contributed by atoms with Crippen molar-refractivity contribution in [3.8, 4) is 5.75 Å². The van der Waals surface area contributed by atoms with Crippen molar-refractivity contribution in [2.24, 2.45) is 0 Å². The summed E-state index contributed by atoms with van der Waals surface area (Å²) in [5.74, 6) is -1.04. The van der Waals surface area contributed by atoms with E-state index in [0.29, 0.717) is 0 Å². The van der Waals surface area contributed by atoms with Crippen molar-refractivity contribution in [3.63, 3.8) is 0 Å². The summed E-state index contributed by atoms with van der Waals surface area (Å²) in [4.78, 5) is 12.3. The lowest BCUT2D eigenvalue weighted by molar-refractivity contribution is -0.118. The summed E-state index contributed by atoms with van der Waals surface area (Å²) in [6.07, 6.45) is 0. The van der Waals surface area contributed by atoms with Crippen LogP contribution >= 0.6 is 0 Å². The van der Waals surface area contributed by atoms with Gasteiger partial charge < -0.3 is 10.1 Å². The van der Waals surface area contributed by atoms with Gasteiger partial charge in [-0.1, -0.05) is 17.7 Å². The monoisotopic (exact) mass is 348 g/mol. The van der Waals surface area contributed by atoms with Gasteiger partial charge in [-0.25, -0.2) is 8.78 Å². The van der Waals surface area contributed by atoms with Crippen LogP contribution in [0.25, 0.3) is 0 Å². The molecule has 2 rings (SSSR count). The Morgan fingerprint density at radius 2 is 1.84 bits per heavy atom. The van der Waals surface area contributed by atoms with Crippen molar-refractivity contribution >= 4 is 11.6 Å². The van der Waals surface area contributed by atoms with Crippen LogP contribution in [-0.4, -0.2) is 19.1 Å². The Balaban J connectivity index is 2.08. The summed E-state index contributed by atoms with van der Waals surface area (Å²) in [5, 5.41) is 5.54. The number of carbonyl (C=O) groups is 1. The van der Waals surface area contributed by atoms with Gasteiger partial charge in [0.1, 0.15) is 17.4 Å². The molecule has 2 atom stereocenters. The summed E-state index contributed by atoms with van der Waals surface area (Å²) in [7, 11) is 1.59. The normalized spacial score (nSPS) is 13.2. The van der Waals surface area contributed by atoms with E-state index in [4.69, 9.17) is 4.74 Å². The van der Waals surface area contributed by atoms with Gasteiger partial charge in [-0.3, -0.25) is 10.1 Å². The molecule has 0 bridgehead atoms. The molecule has 134 valence electrons. The predicted octanol–water partition coefficient (Wildman–Crippen LogP) is 3.96. The second kappa shape index (κ2) is 8.07. The highest BCUT2D eigenvalue weighted by atomic mass is 19.1. The summed E-state index contributed by atoms with van der Waals surface area (Å²) >= 11 is 0. The van der Waals surface area contributed by atoms with E-state index in [-0.39, 0.29) is 11.7 Å². The molecule has 0 aliphatic carbocycles. The molecular weight excluding hydrogens is 326 g/mol. The summed E-state index contributed by atoms with van der Waals surface area (Å²) < 4.78 is 32.2. The first kappa shape index (κ1) is 18.9. The van der Waals surface area contributed by atoms with Crippen LogP contribution < -0.4 is 15.4 Å². The Labute approximate surface area is 146 Å². The van der Waals surface area contributed by atoms with Crippen molar-refractivity contribution in [1.29, 1.82) is 0 Å². The molecule has 0 aliphatic rings. The number of methoxy groups -OCH3 is 1. The van der Waals surface area contributed by atoms with Crippen LogP contribution in [0.15, 0.2) is 36.4 Å². The molecule has 0 radical (unpaired) electrons. The Morgan fingerprint density at radius 3 is 2.52 bits per heavy atom. The van der Waals surface area contributed by atoms with Crippen molar-refractivity contribution in [1.82, 2.24) is 5.32 Å². The van der Waals surface area contributed by atoms with E-state index >= 15 is 0 Å². The lowest BCUT2D eigenvalue weighted by Gasteiger charge is -2.22. The quantitative estimate of drug-likeness (QED) is 0.831. The van der Waals surface area contributed by atoms with E-state index in [0.717, 1.165) is 35.1 Å². The Hall–Kier alpha value is -2.47. The molecule has 0 saturated heterocycles. The largest absolute Gasteiger partial charge is 0.496 e. The first-order chi connectivity index (χ1) is 11.8. The molecule has 0 aromatic heterocycles. The molecule has 0 spiro atoms. The molecule has 2 unspecified atom stereocenters. The summed E-state index contributed by atoms with van der Waals surface area (Å²) in [6, 6.07) is 7.92. The highest BCUT2D eigenvalue weighted by Gasteiger charge is 2.20. The number of carbonyl (C=O) groups excluding carboxylic acids is 1. The first-order valence-electron chi connectivity index (χ1n) is 7.98. The van der Waals surface area contributed by atoms with Gasteiger partial charge in [-0.05, 0) is 39.0 Å². The molecule has 4 nitrogen and oxygen atoms in total. The van der Waals surface area contributed by atoms with Gasteiger partial charge in [0.15, 0.2) is 0 Å². The number of hydrogen-bond donors (Lipinski definition) is 2. The van der Waals surface area contributed by atoms with Gasteiger partial charge in [0.05, 0.1) is 18.8 Å². The Kier molecular flexibility index (Phi) is 6.09. The van der Waals surface area contributed by atoms with Crippen molar-refractivity contribution in [2.75, 3.05) is 12.4 Å². The highest BCUT2D eigenvalue weighted by molar-refractivity contribution is 5.94. The van der Waals surface area contributed by atoms with Crippen molar-refractivity contribution < 1.29 is 18.3 Å². The van der Waals surface area contributed by atoms with E-state index < -0.39 is 23.6 Å². The molecule has 1 amide bonds. The molecule has 0 fully saturated rings. The molecule has 2 aromatic rings. The van der Waals surface area contributed by atoms with E-state index in [2.05, 4.69) is 10.6 Å². The number of rotatable bonds is 6. The molecule has 2 N–H and O–H groups in total. The standard InChI is InChI=1S/C19H22F2N2O2/c1-11-5-8-18(25-4)15(9-11)12(2)22-13(3)19(24)23-17-10-14(20)6-7-16(17)21/h5-10,12-13,22H,1-4H3,(H,23,24). The molecule has 25 heavy (non-hydrogen) atoms. The van der Waals surface area contributed by atoms with Crippen molar-refractivity contribution in [2.45, 2.75) is 32.9 Å². The number of amides is 1. The third kappa shape index (κ3) is 4.76. The molecular formula is C19H22F2N2O2. The predicted molar refractivity (Wildman–Crippen MR) is 93.7 cm³/mol. The van der Waals surface area contributed by atoms with E-state index in [1.807, 2.05) is 32.0 Å². The minimum atomic E-state index is -0.685. The number of halogens is 2. The van der Waals surface area contributed by atoms with Crippen molar-refractivity contribution in [3.05, 3.63) is 59.2 Å². The maximum absolute atomic E-state index is 13.6. The second-order valence-electron chi connectivity index (χ2n) is 5.97. The molecule has 0 heterocycles. The van der Waals surface area contributed by atoms with Gasteiger partial charge in [0.25, 0.3) is 0 Å². The average molecular weight is 348 g/mol. The number of ether oxygens (including phenoxy) is 1. The lowest BCUT2D eigenvalue weighted by Crippen LogP contribution is -2.39.